The molecule has 1 atom stereocenters. The van der Waals surface area contributed by atoms with Gasteiger partial charge in [0.05, 0.1) is 25.8 Å². The van der Waals surface area contributed by atoms with Crippen molar-refractivity contribution in [2.75, 3.05) is 20.8 Å². The highest BCUT2D eigenvalue weighted by molar-refractivity contribution is 5.69. The molecule has 6 heteroatoms. The van der Waals surface area contributed by atoms with Crippen LogP contribution in [0.2, 0.25) is 0 Å². The molecule has 1 aromatic heterocycles. The van der Waals surface area contributed by atoms with E-state index < -0.39 is 0 Å². The molecule has 0 unspecified atom stereocenters. The predicted molar refractivity (Wildman–Crippen MR) is 82.5 cm³/mol. The summed E-state index contributed by atoms with van der Waals surface area (Å²) < 4.78 is 16.4. The molecule has 2 heterocycles. The minimum Gasteiger partial charge on any atom is -0.488 e. The van der Waals surface area contributed by atoms with Gasteiger partial charge in [-0.05, 0) is 24.1 Å². The van der Waals surface area contributed by atoms with Crippen LogP contribution in [-0.2, 0) is 6.42 Å². The summed E-state index contributed by atoms with van der Waals surface area (Å²) in [5, 5.41) is 0. The van der Waals surface area contributed by atoms with Crippen LogP contribution in [0.1, 0.15) is 11.1 Å². The normalized spacial score (nSPS) is 16.1. The second-order valence-electron chi connectivity index (χ2n) is 5.26. The number of fused-ring (bicyclic) bond motifs is 1. The van der Waals surface area contributed by atoms with Gasteiger partial charge in [0.15, 0.2) is 5.82 Å². The fraction of sp³-hybridized carbons (Fsp3) is 0.375. The van der Waals surface area contributed by atoms with E-state index in [0.29, 0.717) is 24.1 Å². The fourth-order valence-corrected chi connectivity index (χ4v) is 2.62. The Morgan fingerprint density at radius 1 is 1.18 bits per heavy atom. The first-order valence-corrected chi connectivity index (χ1v) is 7.12. The van der Waals surface area contributed by atoms with E-state index in [1.807, 2.05) is 13.0 Å². The van der Waals surface area contributed by atoms with Crippen LogP contribution in [0.4, 0.5) is 0 Å². The number of aromatic nitrogens is 2. The molecule has 0 aliphatic carbocycles. The number of hydrogen-bond acceptors (Lipinski definition) is 6. The van der Waals surface area contributed by atoms with E-state index in [1.165, 1.54) is 0 Å². The van der Waals surface area contributed by atoms with E-state index in [1.54, 1.807) is 20.3 Å². The number of hydrogen-bond donors (Lipinski definition) is 1. The molecule has 6 nitrogen and oxygen atoms in total. The number of rotatable bonds is 4. The molecular formula is C16H19N3O3. The molecular weight excluding hydrogens is 282 g/mol. The van der Waals surface area contributed by atoms with Gasteiger partial charge in [-0.15, -0.1) is 0 Å². The highest BCUT2D eigenvalue weighted by Crippen LogP contribution is 2.39. The Morgan fingerprint density at radius 3 is 2.45 bits per heavy atom. The lowest BCUT2D eigenvalue weighted by atomic mass is 10.0. The zero-order valence-electron chi connectivity index (χ0n) is 12.9. The van der Waals surface area contributed by atoms with Crippen molar-refractivity contribution >= 4 is 0 Å². The third kappa shape index (κ3) is 2.57. The zero-order valence-corrected chi connectivity index (χ0v) is 12.9. The fourth-order valence-electron chi connectivity index (χ4n) is 2.62. The van der Waals surface area contributed by atoms with Crippen molar-refractivity contribution in [2.24, 2.45) is 5.73 Å². The van der Waals surface area contributed by atoms with Gasteiger partial charge in [-0.2, -0.15) is 9.97 Å². The van der Waals surface area contributed by atoms with Crippen molar-refractivity contribution in [3.8, 4) is 28.9 Å². The van der Waals surface area contributed by atoms with Crippen molar-refractivity contribution in [1.82, 2.24) is 9.97 Å². The van der Waals surface area contributed by atoms with Crippen molar-refractivity contribution in [1.29, 1.82) is 0 Å². The minimum atomic E-state index is 0.00283. The summed E-state index contributed by atoms with van der Waals surface area (Å²) in [6, 6.07) is 5.76. The number of ether oxygens (including phenoxy) is 3. The van der Waals surface area contributed by atoms with Crippen LogP contribution in [0.5, 0.6) is 17.5 Å². The highest BCUT2D eigenvalue weighted by Gasteiger charge is 2.26. The number of benzene rings is 1. The monoisotopic (exact) mass is 301 g/mol. The molecule has 1 aliphatic rings. The van der Waals surface area contributed by atoms with E-state index in [4.69, 9.17) is 19.9 Å². The molecule has 1 aliphatic heterocycles. The largest absolute Gasteiger partial charge is 0.488 e. The van der Waals surface area contributed by atoms with Crippen molar-refractivity contribution in [3.63, 3.8) is 0 Å². The van der Waals surface area contributed by atoms with Crippen LogP contribution >= 0.6 is 0 Å². The predicted octanol–water partition coefficient (Wildman–Crippen LogP) is 1.73. The molecule has 0 bridgehead atoms. The molecule has 22 heavy (non-hydrogen) atoms. The van der Waals surface area contributed by atoms with Gasteiger partial charge in [-0.25, -0.2) is 0 Å². The van der Waals surface area contributed by atoms with Gasteiger partial charge in [-0.3, -0.25) is 0 Å². The molecule has 2 aromatic rings. The van der Waals surface area contributed by atoms with Crippen LogP contribution < -0.4 is 19.9 Å². The standard InChI is InChI=1S/C16H19N3O3/c1-9-4-10-6-11(8-17)22-15(10)12(5-9)16-18-13(20-2)7-14(19-16)21-3/h4-5,7,11H,6,8,17H2,1-3H3/t11-/m1/s1. The maximum atomic E-state index is 5.96. The molecule has 0 fully saturated rings. The van der Waals surface area contributed by atoms with Gasteiger partial charge in [0, 0.05) is 13.0 Å². The van der Waals surface area contributed by atoms with Gasteiger partial charge in [-0.1, -0.05) is 6.07 Å². The van der Waals surface area contributed by atoms with Gasteiger partial charge >= 0.3 is 0 Å². The first kappa shape index (κ1) is 14.6. The Morgan fingerprint density at radius 2 is 1.86 bits per heavy atom. The second-order valence-corrected chi connectivity index (χ2v) is 5.26. The molecule has 0 saturated carbocycles. The zero-order chi connectivity index (χ0) is 15.7. The van der Waals surface area contributed by atoms with E-state index in [2.05, 4.69) is 16.0 Å². The van der Waals surface area contributed by atoms with E-state index in [-0.39, 0.29) is 6.10 Å². The Labute approximate surface area is 129 Å². The second kappa shape index (κ2) is 5.81. The molecule has 0 saturated heterocycles. The first-order chi connectivity index (χ1) is 10.6. The van der Waals surface area contributed by atoms with Gasteiger partial charge < -0.3 is 19.9 Å². The van der Waals surface area contributed by atoms with Crippen LogP contribution in [0.15, 0.2) is 18.2 Å². The number of methoxy groups -OCH3 is 2. The van der Waals surface area contributed by atoms with Gasteiger partial charge in [0.1, 0.15) is 11.9 Å². The smallest absolute Gasteiger partial charge is 0.220 e. The highest BCUT2D eigenvalue weighted by atomic mass is 16.5. The topological polar surface area (TPSA) is 79.5 Å². The summed E-state index contributed by atoms with van der Waals surface area (Å²) in [6.07, 6.45) is 0.810. The summed E-state index contributed by atoms with van der Waals surface area (Å²) in [5.41, 5.74) is 8.83. The van der Waals surface area contributed by atoms with Gasteiger partial charge in [0.25, 0.3) is 0 Å². The first-order valence-electron chi connectivity index (χ1n) is 7.12. The van der Waals surface area contributed by atoms with E-state index in [0.717, 1.165) is 28.9 Å². The number of nitrogens with zero attached hydrogens (tertiary/aromatic N) is 2. The average Bonchev–Trinajstić information content (AvgIpc) is 2.96. The molecule has 0 amide bonds. The van der Waals surface area contributed by atoms with Crippen LogP contribution in [0.25, 0.3) is 11.4 Å². The van der Waals surface area contributed by atoms with Crippen LogP contribution in [0.3, 0.4) is 0 Å². The third-order valence-electron chi connectivity index (χ3n) is 3.64. The molecule has 2 N–H and O–H groups in total. The van der Waals surface area contributed by atoms with Crippen molar-refractivity contribution in [2.45, 2.75) is 19.4 Å². The molecule has 1 aromatic carbocycles. The summed E-state index contributed by atoms with van der Waals surface area (Å²) in [6.45, 7) is 2.52. The SMILES string of the molecule is COc1cc(OC)nc(-c2cc(C)cc3c2O[C@@H](CN)C3)n1. The quantitative estimate of drug-likeness (QED) is 0.926. The number of nitrogens with two attached hydrogens (primary N) is 1. The summed E-state index contributed by atoms with van der Waals surface area (Å²) in [4.78, 5) is 8.83. The van der Waals surface area contributed by atoms with Gasteiger partial charge in [0.2, 0.25) is 11.8 Å². The molecule has 3 rings (SSSR count). The summed E-state index contributed by atoms with van der Waals surface area (Å²) in [5.74, 6) is 2.22. The molecule has 0 spiro atoms. The van der Waals surface area contributed by atoms with Crippen molar-refractivity contribution < 1.29 is 14.2 Å². The Hall–Kier alpha value is -2.34. The lowest BCUT2D eigenvalue weighted by Crippen LogP contribution is -2.24. The maximum absolute atomic E-state index is 5.96. The summed E-state index contributed by atoms with van der Waals surface area (Å²) >= 11 is 0. The molecule has 0 radical (unpaired) electrons. The average molecular weight is 301 g/mol. The third-order valence-corrected chi connectivity index (χ3v) is 3.64. The summed E-state index contributed by atoms with van der Waals surface area (Å²) in [7, 11) is 3.13. The van der Waals surface area contributed by atoms with E-state index in [9.17, 15) is 0 Å². The Kier molecular flexibility index (Phi) is 3.85. The molecule has 116 valence electrons. The Balaban J connectivity index is 2.13. The number of aryl methyl sites for hydroxylation is 1. The lowest BCUT2D eigenvalue weighted by molar-refractivity contribution is 0.242. The Bertz CT molecular complexity index is 681. The van der Waals surface area contributed by atoms with Crippen molar-refractivity contribution in [3.05, 3.63) is 29.3 Å². The van der Waals surface area contributed by atoms with Crippen LogP contribution in [0, 0.1) is 6.92 Å². The maximum Gasteiger partial charge on any atom is 0.220 e. The van der Waals surface area contributed by atoms with Crippen LogP contribution in [-0.4, -0.2) is 36.8 Å². The minimum absolute atomic E-state index is 0.00283. The lowest BCUT2D eigenvalue weighted by Gasteiger charge is -2.12. The van der Waals surface area contributed by atoms with E-state index >= 15 is 0 Å².